The molecule has 1 fully saturated rings. The van der Waals surface area contributed by atoms with Crippen molar-refractivity contribution in [3.63, 3.8) is 0 Å². The molecule has 0 aliphatic carbocycles. The second-order valence-electron chi connectivity index (χ2n) is 7.99. The molecule has 1 N–H and O–H groups in total. The quantitative estimate of drug-likeness (QED) is 0.588. The molecule has 1 atom stereocenters. The minimum absolute atomic E-state index is 0.299. The van der Waals surface area contributed by atoms with Gasteiger partial charge in [0.05, 0.1) is 0 Å². The monoisotopic (exact) mass is 427 g/mol. The van der Waals surface area contributed by atoms with E-state index in [1.165, 1.54) is 4.90 Å². The average Bonchev–Trinajstić information content (AvgIpc) is 3.06. The standard InChI is InChI=1S/C26H25N3O3/c1-28(18-21-13-7-3-8-14-21)23(30)19-29-24(31)26(27-25(29)32,22-15-9-4-10-16-22)17-20-11-5-2-6-12-20/h2-16H,17-19H2,1H3,(H,27,32). The lowest BCUT2D eigenvalue weighted by molar-refractivity contribution is -0.138. The maximum atomic E-state index is 13.6. The fourth-order valence-corrected chi connectivity index (χ4v) is 4.01. The zero-order chi connectivity index (χ0) is 22.6. The molecular weight excluding hydrogens is 402 g/mol. The van der Waals surface area contributed by atoms with E-state index in [-0.39, 0.29) is 12.5 Å². The molecule has 6 heteroatoms. The molecule has 0 bridgehead atoms. The van der Waals surface area contributed by atoms with Crippen molar-refractivity contribution in [1.29, 1.82) is 0 Å². The number of nitrogens with zero attached hydrogens (tertiary/aromatic N) is 2. The van der Waals surface area contributed by atoms with Crippen LogP contribution in [0.2, 0.25) is 0 Å². The SMILES string of the molecule is CN(Cc1ccccc1)C(=O)CN1C(=O)NC(Cc2ccccc2)(c2ccccc2)C1=O. The number of benzene rings is 3. The van der Waals surface area contributed by atoms with Gasteiger partial charge in [-0.3, -0.25) is 14.5 Å². The van der Waals surface area contributed by atoms with Gasteiger partial charge in [-0.15, -0.1) is 0 Å². The van der Waals surface area contributed by atoms with E-state index in [0.29, 0.717) is 18.5 Å². The summed E-state index contributed by atoms with van der Waals surface area (Å²) in [6, 6.07) is 27.8. The van der Waals surface area contributed by atoms with Crippen LogP contribution in [0.1, 0.15) is 16.7 Å². The number of likely N-dealkylation sites (N-methyl/N-ethyl adjacent to an activating group) is 1. The number of nitrogens with one attached hydrogen (secondary N) is 1. The third-order valence-corrected chi connectivity index (χ3v) is 5.74. The molecule has 3 aromatic rings. The Morgan fingerprint density at radius 3 is 1.97 bits per heavy atom. The molecule has 3 aromatic carbocycles. The van der Waals surface area contributed by atoms with E-state index in [4.69, 9.17) is 0 Å². The van der Waals surface area contributed by atoms with E-state index in [0.717, 1.165) is 16.0 Å². The van der Waals surface area contributed by atoms with Crippen LogP contribution in [0.15, 0.2) is 91.0 Å². The first-order chi connectivity index (χ1) is 15.5. The molecule has 1 heterocycles. The van der Waals surface area contributed by atoms with Gasteiger partial charge < -0.3 is 10.2 Å². The molecule has 6 nitrogen and oxygen atoms in total. The van der Waals surface area contributed by atoms with Crippen LogP contribution in [0.25, 0.3) is 0 Å². The number of rotatable bonds is 7. The van der Waals surface area contributed by atoms with Gasteiger partial charge in [-0.1, -0.05) is 91.0 Å². The van der Waals surface area contributed by atoms with Crippen LogP contribution in [0, 0.1) is 0 Å². The fourth-order valence-electron chi connectivity index (χ4n) is 4.01. The molecule has 1 saturated heterocycles. The van der Waals surface area contributed by atoms with Crippen LogP contribution in [-0.4, -0.2) is 41.2 Å². The zero-order valence-corrected chi connectivity index (χ0v) is 17.9. The molecule has 4 rings (SSSR count). The molecule has 1 unspecified atom stereocenters. The maximum absolute atomic E-state index is 13.6. The lowest BCUT2D eigenvalue weighted by Crippen LogP contribution is -2.47. The summed E-state index contributed by atoms with van der Waals surface area (Å²) in [7, 11) is 1.67. The highest BCUT2D eigenvalue weighted by Gasteiger charge is 2.52. The highest BCUT2D eigenvalue weighted by atomic mass is 16.2. The summed E-state index contributed by atoms with van der Waals surface area (Å²) in [6.45, 7) is 0.0918. The van der Waals surface area contributed by atoms with E-state index in [1.54, 1.807) is 7.05 Å². The smallest absolute Gasteiger partial charge is 0.325 e. The Bertz CT molecular complexity index is 1100. The molecule has 162 valence electrons. The van der Waals surface area contributed by atoms with Crippen molar-refractivity contribution < 1.29 is 14.4 Å². The summed E-state index contributed by atoms with van der Waals surface area (Å²) in [6.07, 6.45) is 0.299. The molecule has 1 aliphatic rings. The van der Waals surface area contributed by atoms with Gasteiger partial charge in [-0.2, -0.15) is 0 Å². The summed E-state index contributed by atoms with van der Waals surface area (Å²) in [5.74, 6) is -0.722. The Morgan fingerprint density at radius 1 is 0.844 bits per heavy atom. The molecule has 0 aromatic heterocycles. The first-order valence-electron chi connectivity index (χ1n) is 10.5. The Kier molecular flexibility index (Phi) is 6.03. The van der Waals surface area contributed by atoms with Crippen LogP contribution in [0.4, 0.5) is 4.79 Å². The summed E-state index contributed by atoms with van der Waals surface area (Å²) in [4.78, 5) is 41.9. The minimum Gasteiger partial charge on any atom is -0.340 e. The molecule has 0 saturated carbocycles. The number of carbonyl (C=O) groups is 3. The number of hydrogen-bond acceptors (Lipinski definition) is 3. The van der Waals surface area contributed by atoms with Crippen LogP contribution in [-0.2, 0) is 28.1 Å². The topological polar surface area (TPSA) is 69.7 Å². The summed E-state index contributed by atoms with van der Waals surface area (Å²) < 4.78 is 0. The lowest BCUT2D eigenvalue weighted by Gasteiger charge is -2.28. The fraction of sp³-hybridized carbons (Fsp3) is 0.192. The van der Waals surface area contributed by atoms with Crippen LogP contribution >= 0.6 is 0 Å². The van der Waals surface area contributed by atoms with Gasteiger partial charge in [0.1, 0.15) is 6.54 Å². The number of amides is 4. The second kappa shape index (κ2) is 9.06. The van der Waals surface area contributed by atoms with E-state index in [1.807, 2.05) is 91.0 Å². The highest BCUT2D eigenvalue weighted by molar-refractivity contribution is 6.09. The van der Waals surface area contributed by atoms with E-state index < -0.39 is 17.5 Å². The normalized spacial score (nSPS) is 17.8. The predicted molar refractivity (Wildman–Crippen MR) is 121 cm³/mol. The Balaban J connectivity index is 1.57. The predicted octanol–water partition coefficient (Wildman–Crippen LogP) is 3.34. The van der Waals surface area contributed by atoms with E-state index in [2.05, 4.69) is 5.32 Å². The number of imide groups is 1. The van der Waals surface area contributed by atoms with Crippen molar-refractivity contribution >= 4 is 17.8 Å². The lowest BCUT2D eigenvalue weighted by atomic mass is 9.83. The van der Waals surface area contributed by atoms with Crippen LogP contribution in [0.3, 0.4) is 0 Å². The van der Waals surface area contributed by atoms with Crippen LogP contribution in [0.5, 0.6) is 0 Å². The average molecular weight is 428 g/mol. The molecule has 0 radical (unpaired) electrons. The van der Waals surface area contributed by atoms with Gasteiger partial charge in [-0.25, -0.2) is 4.79 Å². The largest absolute Gasteiger partial charge is 0.340 e. The van der Waals surface area contributed by atoms with E-state index >= 15 is 0 Å². The Hall–Kier alpha value is -3.93. The van der Waals surface area contributed by atoms with Crippen molar-refractivity contribution in [2.45, 2.75) is 18.5 Å². The van der Waals surface area contributed by atoms with Gasteiger partial charge in [0, 0.05) is 20.0 Å². The van der Waals surface area contributed by atoms with Gasteiger partial charge in [0.25, 0.3) is 5.91 Å². The van der Waals surface area contributed by atoms with Gasteiger partial charge >= 0.3 is 6.03 Å². The Morgan fingerprint density at radius 2 is 1.38 bits per heavy atom. The summed E-state index contributed by atoms with van der Waals surface area (Å²) >= 11 is 0. The number of urea groups is 1. The molecule has 1 aliphatic heterocycles. The van der Waals surface area contributed by atoms with Gasteiger partial charge in [0.15, 0.2) is 5.54 Å². The summed E-state index contributed by atoms with van der Waals surface area (Å²) in [5, 5.41) is 2.89. The molecule has 0 spiro atoms. The second-order valence-corrected chi connectivity index (χ2v) is 7.99. The first-order valence-corrected chi connectivity index (χ1v) is 10.5. The number of hydrogen-bond donors (Lipinski definition) is 1. The molecule has 32 heavy (non-hydrogen) atoms. The van der Waals surface area contributed by atoms with Crippen molar-refractivity contribution in [3.8, 4) is 0 Å². The van der Waals surface area contributed by atoms with Gasteiger partial charge in [-0.05, 0) is 16.7 Å². The summed E-state index contributed by atoms with van der Waals surface area (Å²) in [5.41, 5.74) is 1.33. The molecule has 4 amide bonds. The third-order valence-electron chi connectivity index (χ3n) is 5.74. The van der Waals surface area contributed by atoms with Crippen molar-refractivity contribution in [2.75, 3.05) is 13.6 Å². The zero-order valence-electron chi connectivity index (χ0n) is 17.9. The van der Waals surface area contributed by atoms with Crippen molar-refractivity contribution in [3.05, 3.63) is 108 Å². The highest BCUT2D eigenvalue weighted by Crippen LogP contribution is 2.33. The molecular formula is C26H25N3O3. The van der Waals surface area contributed by atoms with Crippen molar-refractivity contribution in [2.24, 2.45) is 0 Å². The van der Waals surface area contributed by atoms with Crippen LogP contribution < -0.4 is 5.32 Å². The third kappa shape index (κ3) is 4.25. The Labute approximate surface area is 187 Å². The maximum Gasteiger partial charge on any atom is 0.325 e. The minimum atomic E-state index is -1.25. The number of carbonyl (C=O) groups excluding carboxylic acids is 3. The van der Waals surface area contributed by atoms with E-state index in [9.17, 15) is 14.4 Å². The first kappa shape index (κ1) is 21.3. The van der Waals surface area contributed by atoms with Gasteiger partial charge in [0.2, 0.25) is 5.91 Å². The van der Waals surface area contributed by atoms with Crippen molar-refractivity contribution in [1.82, 2.24) is 15.1 Å².